The first-order chi connectivity index (χ1) is 14.4. The fourth-order valence-corrected chi connectivity index (χ4v) is 3.72. The first-order valence-electron chi connectivity index (χ1n) is 10.2. The Hall–Kier alpha value is -3.11. The van der Waals surface area contributed by atoms with Gasteiger partial charge in [0.05, 0.1) is 0 Å². The minimum atomic E-state index is 0.232. The summed E-state index contributed by atoms with van der Waals surface area (Å²) in [4.78, 5) is 15.8. The molecule has 0 spiro atoms. The number of carbonyl (C=O) groups is 1. The van der Waals surface area contributed by atoms with Crippen molar-refractivity contribution in [1.82, 2.24) is 9.80 Å². The van der Waals surface area contributed by atoms with Crippen LogP contribution in [0.5, 0.6) is 5.75 Å². The summed E-state index contributed by atoms with van der Waals surface area (Å²) in [5.41, 5.74) is 7.18. The second-order valence-corrected chi connectivity index (χ2v) is 8.03. The lowest BCUT2D eigenvalue weighted by molar-refractivity contribution is -0.119. The van der Waals surface area contributed by atoms with Gasteiger partial charge in [0.2, 0.25) is 6.41 Å². The number of nitrogens with zero attached hydrogens (tertiary/aromatic N) is 2. The molecule has 0 aliphatic heterocycles. The van der Waals surface area contributed by atoms with Crippen molar-refractivity contribution in [1.29, 1.82) is 0 Å². The quantitative estimate of drug-likeness (QED) is 0.523. The number of phenolic OH excluding ortho intramolecular Hbond substituents is 1. The van der Waals surface area contributed by atoms with Crippen molar-refractivity contribution in [3.05, 3.63) is 100 Å². The fourth-order valence-electron chi connectivity index (χ4n) is 3.72. The summed E-state index contributed by atoms with van der Waals surface area (Å²) in [6.07, 6.45) is 0.899. The second kappa shape index (κ2) is 10.1. The highest BCUT2D eigenvalue weighted by Gasteiger charge is 2.11. The lowest BCUT2D eigenvalue weighted by atomic mass is 9.98. The Kier molecular flexibility index (Phi) is 7.26. The maximum atomic E-state index is 11.7. The van der Waals surface area contributed by atoms with Crippen molar-refractivity contribution in [2.45, 2.75) is 40.0 Å². The summed E-state index contributed by atoms with van der Waals surface area (Å²) < 4.78 is 0. The van der Waals surface area contributed by atoms with Crippen LogP contribution in [-0.4, -0.2) is 28.4 Å². The van der Waals surface area contributed by atoms with E-state index in [2.05, 4.69) is 62.2 Å². The Morgan fingerprint density at radius 1 is 0.800 bits per heavy atom. The maximum absolute atomic E-state index is 11.7. The van der Waals surface area contributed by atoms with Crippen LogP contribution in [-0.2, 0) is 31.0 Å². The standard InChI is InChI=1S/C26H30N2O2/c1-20-13-24(16-27(3)15-22-7-5-4-6-8-22)14-25(21(20)2)18-28(19-29)17-23-9-11-26(30)12-10-23/h4-14,19,30H,15-18H2,1-3H3. The summed E-state index contributed by atoms with van der Waals surface area (Å²) >= 11 is 0. The Morgan fingerprint density at radius 3 is 2.10 bits per heavy atom. The fraction of sp³-hybridized carbons (Fsp3) is 0.269. The van der Waals surface area contributed by atoms with Crippen molar-refractivity contribution in [3.63, 3.8) is 0 Å². The van der Waals surface area contributed by atoms with Gasteiger partial charge in [-0.2, -0.15) is 0 Å². The molecule has 4 nitrogen and oxygen atoms in total. The molecule has 0 aromatic heterocycles. The van der Waals surface area contributed by atoms with Gasteiger partial charge >= 0.3 is 0 Å². The number of benzene rings is 3. The van der Waals surface area contributed by atoms with E-state index in [1.165, 1.54) is 27.8 Å². The van der Waals surface area contributed by atoms with E-state index in [9.17, 15) is 9.90 Å². The maximum Gasteiger partial charge on any atom is 0.210 e. The molecule has 3 aromatic carbocycles. The van der Waals surface area contributed by atoms with Crippen LogP contribution < -0.4 is 0 Å². The number of phenols is 1. The molecule has 1 amide bonds. The third-order valence-corrected chi connectivity index (χ3v) is 5.43. The van der Waals surface area contributed by atoms with Crippen LogP contribution in [0.1, 0.15) is 33.4 Å². The van der Waals surface area contributed by atoms with Crippen LogP contribution in [0.3, 0.4) is 0 Å². The topological polar surface area (TPSA) is 43.8 Å². The Bertz CT molecular complexity index is 968. The molecule has 30 heavy (non-hydrogen) atoms. The van der Waals surface area contributed by atoms with Gasteiger partial charge in [-0.05, 0) is 66.4 Å². The second-order valence-electron chi connectivity index (χ2n) is 8.03. The van der Waals surface area contributed by atoms with Crippen LogP contribution in [0.15, 0.2) is 66.7 Å². The summed E-state index contributed by atoms with van der Waals surface area (Å²) in [6, 6.07) is 21.9. The van der Waals surface area contributed by atoms with Crippen molar-refractivity contribution >= 4 is 6.41 Å². The van der Waals surface area contributed by atoms with E-state index in [-0.39, 0.29) is 5.75 Å². The van der Waals surface area contributed by atoms with Gasteiger partial charge in [0.15, 0.2) is 0 Å². The zero-order chi connectivity index (χ0) is 21.5. The average molecular weight is 403 g/mol. The van der Waals surface area contributed by atoms with Gasteiger partial charge in [-0.1, -0.05) is 54.6 Å². The van der Waals surface area contributed by atoms with Crippen molar-refractivity contribution in [3.8, 4) is 5.75 Å². The first-order valence-corrected chi connectivity index (χ1v) is 10.2. The minimum Gasteiger partial charge on any atom is -0.508 e. The SMILES string of the molecule is Cc1cc(CN(C)Cc2ccccc2)cc(CN(C=O)Cc2ccc(O)cc2)c1C. The van der Waals surface area contributed by atoms with Crippen molar-refractivity contribution in [2.24, 2.45) is 0 Å². The molecule has 0 bridgehead atoms. The van der Waals surface area contributed by atoms with Crippen LogP contribution in [0.2, 0.25) is 0 Å². The summed E-state index contributed by atoms with van der Waals surface area (Å²) in [5.74, 6) is 0.232. The third kappa shape index (κ3) is 5.94. The van der Waals surface area contributed by atoms with Gasteiger partial charge in [0, 0.05) is 26.2 Å². The monoisotopic (exact) mass is 402 g/mol. The first kappa shape index (κ1) is 21.6. The molecule has 0 radical (unpaired) electrons. The van der Waals surface area contributed by atoms with Crippen LogP contribution >= 0.6 is 0 Å². The number of aromatic hydroxyl groups is 1. The number of hydrogen-bond acceptors (Lipinski definition) is 3. The zero-order valence-electron chi connectivity index (χ0n) is 18.0. The largest absolute Gasteiger partial charge is 0.508 e. The Balaban J connectivity index is 1.71. The lowest BCUT2D eigenvalue weighted by Gasteiger charge is -2.22. The van der Waals surface area contributed by atoms with Gasteiger partial charge in [-0.15, -0.1) is 0 Å². The molecule has 0 heterocycles. The lowest BCUT2D eigenvalue weighted by Crippen LogP contribution is -2.22. The number of rotatable bonds is 9. The predicted octanol–water partition coefficient (Wildman–Crippen LogP) is 4.80. The molecule has 0 fully saturated rings. The molecule has 0 unspecified atom stereocenters. The molecule has 4 heteroatoms. The normalized spacial score (nSPS) is 10.9. The van der Waals surface area contributed by atoms with Crippen LogP contribution in [0, 0.1) is 13.8 Å². The highest BCUT2D eigenvalue weighted by Crippen LogP contribution is 2.21. The van der Waals surface area contributed by atoms with E-state index in [4.69, 9.17) is 0 Å². The highest BCUT2D eigenvalue weighted by molar-refractivity contribution is 5.49. The Labute approximate surface area is 179 Å². The van der Waals surface area contributed by atoms with Gasteiger partial charge in [-0.3, -0.25) is 9.69 Å². The molecule has 0 saturated heterocycles. The third-order valence-electron chi connectivity index (χ3n) is 5.43. The molecule has 0 aliphatic carbocycles. The van der Waals surface area contributed by atoms with E-state index < -0.39 is 0 Å². The van der Waals surface area contributed by atoms with E-state index >= 15 is 0 Å². The molecular formula is C26H30N2O2. The molecule has 0 atom stereocenters. The summed E-state index contributed by atoms with van der Waals surface area (Å²) in [7, 11) is 2.13. The van der Waals surface area contributed by atoms with E-state index in [0.717, 1.165) is 25.1 Å². The van der Waals surface area contributed by atoms with Gasteiger partial charge < -0.3 is 10.0 Å². The highest BCUT2D eigenvalue weighted by atomic mass is 16.3. The predicted molar refractivity (Wildman–Crippen MR) is 121 cm³/mol. The van der Waals surface area contributed by atoms with Gasteiger partial charge in [-0.25, -0.2) is 0 Å². The van der Waals surface area contributed by atoms with E-state index in [1.807, 2.05) is 18.2 Å². The number of carbonyl (C=O) groups excluding carboxylic acids is 1. The van der Waals surface area contributed by atoms with Gasteiger partial charge in [0.1, 0.15) is 5.75 Å². The number of hydrogen-bond donors (Lipinski definition) is 1. The Morgan fingerprint density at radius 2 is 1.43 bits per heavy atom. The zero-order valence-corrected chi connectivity index (χ0v) is 18.0. The van der Waals surface area contributed by atoms with E-state index in [0.29, 0.717) is 13.1 Å². The molecule has 3 aromatic rings. The average Bonchev–Trinajstić information content (AvgIpc) is 2.73. The van der Waals surface area contributed by atoms with Gasteiger partial charge in [0.25, 0.3) is 0 Å². The molecule has 0 aliphatic rings. The molecule has 1 N–H and O–H groups in total. The molecule has 156 valence electrons. The minimum absolute atomic E-state index is 0.232. The van der Waals surface area contributed by atoms with Crippen LogP contribution in [0.25, 0.3) is 0 Å². The molecular weight excluding hydrogens is 372 g/mol. The van der Waals surface area contributed by atoms with Crippen molar-refractivity contribution < 1.29 is 9.90 Å². The van der Waals surface area contributed by atoms with Crippen molar-refractivity contribution in [2.75, 3.05) is 7.05 Å². The van der Waals surface area contributed by atoms with E-state index in [1.54, 1.807) is 17.0 Å². The number of amides is 1. The summed E-state index contributed by atoms with van der Waals surface area (Å²) in [5, 5.41) is 9.46. The van der Waals surface area contributed by atoms with Crippen LogP contribution in [0.4, 0.5) is 0 Å². The molecule has 0 saturated carbocycles. The number of aryl methyl sites for hydroxylation is 1. The smallest absolute Gasteiger partial charge is 0.210 e. The summed E-state index contributed by atoms with van der Waals surface area (Å²) in [6.45, 7) is 7.07. The molecule has 3 rings (SSSR count).